The van der Waals surface area contributed by atoms with Crippen LogP contribution in [0.1, 0.15) is 23.6 Å². The van der Waals surface area contributed by atoms with E-state index in [1.807, 2.05) is 0 Å². The van der Waals surface area contributed by atoms with Crippen molar-refractivity contribution in [3.05, 3.63) is 29.3 Å². The van der Waals surface area contributed by atoms with Crippen molar-refractivity contribution in [2.24, 2.45) is 11.7 Å². The second-order valence-electron chi connectivity index (χ2n) is 5.02. The third-order valence-electron chi connectivity index (χ3n) is 3.79. The molecule has 3 nitrogen and oxygen atoms in total. The predicted molar refractivity (Wildman–Crippen MR) is 70.3 cm³/mol. The lowest BCUT2D eigenvalue weighted by Crippen LogP contribution is -2.20. The van der Waals surface area contributed by atoms with E-state index in [0.717, 1.165) is 25.3 Å². The Kier molecular flexibility index (Phi) is 3.69. The van der Waals surface area contributed by atoms with E-state index >= 15 is 0 Å². The average Bonchev–Trinajstić information content (AvgIpc) is 2.71. The van der Waals surface area contributed by atoms with Crippen molar-refractivity contribution in [2.75, 3.05) is 27.2 Å². The van der Waals surface area contributed by atoms with Crippen molar-refractivity contribution < 1.29 is 4.74 Å². The van der Waals surface area contributed by atoms with E-state index in [1.54, 1.807) is 7.11 Å². The highest BCUT2D eigenvalue weighted by atomic mass is 16.5. The first-order valence-electron chi connectivity index (χ1n) is 6.20. The summed E-state index contributed by atoms with van der Waals surface area (Å²) in [6.07, 6.45) is 1.15. The van der Waals surface area contributed by atoms with E-state index in [-0.39, 0.29) is 0 Å². The SMILES string of the molecule is COc1cc(C2CC(CN)CN2C)ccc1C. The lowest BCUT2D eigenvalue weighted by atomic mass is 9.98. The van der Waals surface area contributed by atoms with E-state index in [1.165, 1.54) is 11.1 Å². The molecule has 94 valence electrons. The molecule has 0 bridgehead atoms. The molecular weight excluding hydrogens is 212 g/mol. The van der Waals surface area contributed by atoms with Gasteiger partial charge in [0.1, 0.15) is 5.75 Å². The highest BCUT2D eigenvalue weighted by Crippen LogP contribution is 2.35. The number of ether oxygens (including phenoxy) is 1. The molecule has 0 aromatic heterocycles. The van der Waals surface area contributed by atoms with Gasteiger partial charge in [0.15, 0.2) is 0 Å². The standard InChI is InChI=1S/C14H22N2O/c1-10-4-5-12(7-14(10)17-3)13-6-11(8-15)9-16(13)2/h4-5,7,11,13H,6,8-9,15H2,1-3H3. The van der Waals surface area contributed by atoms with Gasteiger partial charge >= 0.3 is 0 Å². The van der Waals surface area contributed by atoms with Gasteiger partial charge in [0.2, 0.25) is 0 Å². The molecular formula is C14H22N2O. The molecule has 3 heteroatoms. The Morgan fingerprint density at radius 1 is 1.47 bits per heavy atom. The minimum atomic E-state index is 0.484. The molecule has 1 aromatic rings. The summed E-state index contributed by atoms with van der Waals surface area (Å²) in [4.78, 5) is 2.39. The van der Waals surface area contributed by atoms with Crippen LogP contribution >= 0.6 is 0 Å². The Morgan fingerprint density at radius 3 is 2.82 bits per heavy atom. The van der Waals surface area contributed by atoms with E-state index in [0.29, 0.717) is 12.0 Å². The number of methoxy groups -OCH3 is 1. The maximum atomic E-state index is 5.77. The van der Waals surface area contributed by atoms with Crippen molar-refractivity contribution in [1.82, 2.24) is 4.90 Å². The molecule has 1 saturated heterocycles. The number of benzene rings is 1. The van der Waals surface area contributed by atoms with Gasteiger partial charge in [-0.2, -0.15) is 0 Å². The maximum Gasteiger partial charge on any atom is 0.122 e. The van der Waals surface area contributed by atoms with Crippen molar-refractivity contribution in [1.29, 1.82) is 0 Å². The molecule has 0 saturated carbocycles. The van der Waals surface area contributed by atoms with Crippen molar-refractivity contribution in [3.63, 3.8) is 0 Å². The van der Waals surface area contributed by atoms with Gasteiger partial charge in [0.25, 0.3) is 0 Å². The van der Waals surface area contributed by atoms with Crippen molar-refractivity contribution in [3.8, 4) is 5.75 Å². The molecule has 2 unspecified atom stereocenters. The highest BCUT2D eigenvalue weighted by Gasteiger charge is 2.29. The van der Waals surface area contributed by atoms with E-state index < -0.39 is 0 Å². The highest BCUT2D eigenvalue weighted by molar-refractivity contribution is 5.38. The summed E-state index contributed by atoms with van der Waals surface area (Å²) < 4.78 is 5.39. The Balaban J connectivity index is 2.22. The summed E-state index contributed by atoms with van der Waals surface area (Å²) in [5, 5.41) is 0. The van der Waals surface area contributed by atoms with Crippen LogP contribution in [0.5, 0.6) is 5.75 Å². The van der Waals surface area contributed by atoms with Crippen LogP contribution in [0.15, 0.2) is 18.2 Å². The zero-order chi connectivity index (χ0) is 12.4. The van der Waals surface area contributed by atoms with Crippen LogP contribution in [0.25, 0.3) is 0 Å². The Hall–Kier alpha value is -1.06. The molecule has 2 rings (SSSR count). The number of hydrogen-bond donors (Lipinski definition) is 1. The smallest absolute Gasteiger partial charge is 0.122 e. The fourth-order valence-corrected chi connectivity index (χ4v) is 2.71. The first-order chi connectivity index (χ1) is 8.15. The summed E-state index contributed by atoms with van der Waals surface area (Å²) in [7, 11) is 3.90. The Morgan fingerprint density at radius 2 is 2.24 bits per heavy atom. The van der Waals surface area contributed by atoms with Crippen LogP contribution in [0.3, 0.4) is 0 Å². The molecule has 0 radical (unpaired) electrons. The van der Waals surface area contributed by atoms with Crippen LogP contribution in [-0.2, 0) is 0 Å². The van der Waals surface area contributed by atoms with Crippen LogP contribution in [0.4, 0.5) is 0 Å². The zero-order valence-electron chi connectivity index (χ0n) is 10.9. The molecule has 1 aromatic carbocycles. The largest absolute Gasteiger partial charge is 0.496 e. The minimum absolute atomic E-state index is 0.484. The summed E-state index contributed by atoms with van der Waals surface area (Å²) in [5.41, 5.74) is 8.29. The molecule has 1 aliphatic heterocycles. The fraction of sp³-hybridized carbons (Fsp3) is 0.571. The summed E-state index contributed by atoms with van der Waals surface area (Å²) in [5.74, 6) is 1.60. The molecule has 0 spiro atoms. The fourth-order valence-electron chi connectivity index (χ4n) is 2.71. The van der Waals surface area contributed by atoms with Gasteiger partial charge in [-0.25, -0.2) is 0 Å². The summed E-state index contributed by atoms with van der Waals surface area (Å²) >= 11 is 0. The van der Waals surface area contributed by atoms with Crippen molar-refractivity contribution in [2.45, 2.75) is 19.4 Å². The third kappa shape index (κ3) is 2.45. The second-order valence-corrected chi connectivity index (χ2v) is 5.02. The molecule has 2 atom stereocenters. The van der Waals surface area contributed by atoms with Gasteiger partial charge in [-0.05, 0) is 50.0 Å². The summed E-state index contributed by atoms with van der Waals surface area (Å²) in [6, 6.07) is 6.99. The van der Waals surface area contributed by atoms with Crippen LogP contribution in [0, 0.1) is 12.8 Å². The number of aryl methyl sites for hydroxylation is 1. The number of likely N-dealkylation sites (tertiary alicyclic amines) is 1. The van der Waals surface area contributed by atoms with Crippen LogP contribution < -0.4 is 10.5 Å². The number of nitrogens with zero attached hydrogens (tertiary/aromatic N) is 1. The van der Waals surface area contributed by atoms with Crippen LogP contribution in [-0.4, -0.2) is 32.1 Å². The first-order valence-corrected chi connectivity index (χ1v) is 6.20. The number of hydrogen-bond acceptors (Lipinski definition) is 3. The molecule has 1 aliphatic rings. The first kappa shape index (κ1) is 12.4. The molecule has 17 heavy (non-hydrogen) atoms. The average molecular weight is 234 g/mol. The van der Waals surface area contributed by atoms with Gasteiger partial charge in [0, 0.05) is 12.6 Å². The molecule has 2 N–H and O–H groups in total. The number of rotatable bonds is 3. The molecule has 1 heterocycles. The van der Waals surface area contributed by atoms with E-state index in [2.05, 4.69) is 37.1 Å². The monoisotopic (exact) mass is 234 g/mol. The Bertz CT molecular complexity index is 392. The van der Waals surface area contributed by atoms with Gasteiger partial charge < -0.3 is 10.5 Å². The lowest BCUT2D eigenvalue weighted by molar-refractivity contribution is 0.312. The van der Waals surface area contributed by atoms with E-state index in [9.17, 15) is 0 Å². The topological polar surface area (TPSA) is 38.5 Å². The van der Waals surface area contributed by atoms with E-state index in [4.69, 9.17) is 10.5 Å². The minimum Gasteiger partial charge on any atom is -0.496 e. The number of nitrogens with two attached hydrogens (primary N) is 1. The predicted octanol–water partition coefficient (Wildman–Crippen LogP) is 1.96. The van der Waals surface area contributed by atoms with Crippen molar-refractivity contribution >= 4 is 0 Å². The second kappa shape index (κ2) is 5.07. The molecule has 1 fully saturated rings. The summed E-state index contributed by atoms with van der Waals surface area (Å²) in [6.45, 7) is 3.95. The van der Waals surface area contributed by atoms with Gasteiger partial charge in [-0.1, -0.05) is 12.1 Å². The Labute approximate surface area is 104 Å². The molecule has 0 amide bonds. The normalized spacial score (nSPS) is 25.2. The quantitative estimate of drug-likeness (QED) is 0.869. The maximum absolute atomic E-state index is 5.77. The van der Waals surface area contributed by atoms with Gasteiger partial charge in [0.05, 0.1) is 7.11 Å². The molecule has 0 aliphatic carbocycles. The lowest BCUT2D eigenvalue weighted by Gasteiger charge is -2.20. The van der Waals surface area contributed by atoms with Gasteiger partial charge in [-0.3, -0.25) is 4.90 Å². The third-order valence-corrected chi connectivity index (χ3v) is 3.79. The van der Waals surface area contributed by atoms with Crippen LogP contribution in [0.2, 0.25) is 0 Å². The van der Waals surface area contributed by atoms with Gasteiger partial charge in [-0.15, -0.1) is 0 Å². The zero-order valence-corrected chi connectivity index (χ0v) is 10.9.